The Morgan fingerprint density at radius 3 is 2.50 bits per heavy atom. The molecule has 2 aliphatic rings. The standard InChI is InChI=1S/C15H16N2O5/c18-14(10-3-1-2-4-13(10)17(21)22)16-7-11(9-5-6-9)12(8-16)15(19)20/h1-4,9,11-12H,5-8H2,(H,19,20)/t11-,12+/m1/s1. The van der Waals surface area contributed by atoms with Crippen molar-refractivity contribution < 1.29 is 19.6 Å². The van der Waals surface area contributed by atoms with Gasteiger partial charge >= 0.3 is 5.97 Å². The molecule has 0 aromatic heterocycles. The van der Waals surface area contributed by atoms with E-state index in [1.54, 1.807) is 6.07 Å². The van der Waals surface area contributed by atoms with Crippen molar-refractivity contribution >= 4 is 17.6 Å². The average molecular weight is 304 g/mol. The van der Waals surface area contributed by atoms with Gasteiger partial charge in [0, 0.05) is 19.2 Å². The molecule has 3 rings (SSSR count). The van der Waals surface area contributed by atoms with E-state index >= 15 is 0 Å². The molecule has 0 spiro atoms. The van der Waals surface area contributed by atoms with Crippen molar-refractivity contribution in [2.45, 2.75) is 12.8 Å². The number of rotatable bonds is 4. The number of aliphatic carboxylic acids is 1. The van der Waals surface area contributed by atoms with Gasteiger partial charge in [0.25, 0.3) is 11.6 Å². The van der Waals surface area contributed by atoms with Gasteiger partial charge in [-0.05, 0) is 30.7 Å². The molecule has 1 saturated heterocycles. The Bertz CT molecular complexity index is 641. The molecule has 1 N–H and O–H groups in total. The lowest BCUT2D eigenvalue weighted by Gasteiger charge is -2.16. The lowest BCUT2D eigenvalue weighted by atomic mass is 9.92. The lowest BCUT2D eigenvalue weighted by molar-refractivity contribution is -0.385. The monoisotopic (exact) mass is 304 g/mol. The molecule has 0 bridgehead atoms. The minimum Gasteiger partial charge on any atom is -0.481 e. The summed E-state index contributed by atoms with van der Waals surface area (Å²) < 4.78 is 0. The van der Waals surface area contributed by atoms with Crippen molar-refractivity contribution in [2.75, 3.05) is 13.1 Å². The molecule has 1 aromatic carbocycles. The summed E-state index contributed by atoms with van der Waals surface area (Å²) in [6.45, 7) is 0.494. The molecule has 1 heterocycles. The Morgan fingerprint density at radius 2 is 1.91 bits per heavy atom. The second kappa shape index (κ2) is 5.40. The number of hydrogen-bond acceptors (Lipinski definition) is 4. The van der Waals surface area contributed by atoms with Gasteiger partial charge in [0.05, 0.1) is 10.8 Å². The summed E-state index contributed by atoms with van der Waals surface area (Å²) in [5.41, 5.74) is -0.220. The van der Waals surface area contributed by atoms with Gasteiger partial charge in [0.2, 0.25) is 0 Å². The third kappa shape index (κ3) is 2.54. The first-order valence-corrected chi connectivity index (χ1v) is 7.24. The zero-order valence-corrected chi connectivity index (χ0v) is 11.8. The highest BCUT2D eigenvalue weighted by molar-refractivity contribution is 5.98. The van der Waals surface area contributed by atoms with Crippen LogP contribution in [0.4, 0.5) is 5.69 Å². The van der Waals surface area contributed by atoms with E-state index in [9.17, 15) is 24.8 Å². The molecule has 7 heteroatoms. The Hall–Kier alpha value is -2.44. The number of amides is 1. The van der Waals surface area contributed by atoms with Crippen molar-refractivity contribution in [3.63, 3.8) is 0 Å². The molecule has 116 valence electrons. The number of carboxylic acid groups (broad SMARTS) is 1. The SMILES string of the molecule is O=C(O)[C@H]1CN(C(=O)c2ccccc2[N+](=O)[O-])C[C@@H]1C1CC1. The Balaban J connectivity index is 1.84. The number of para-hydroxylation sites is 1. The smallest absolute Gasteiger partial charge is 0.308 e. The maximum Gasteiger partial charge on any atom is 0.308 e. The third-order valence-electron chi connectivity index (χ3n) is 4.53. The van der Waals surface area contributed by atoms with Crippen LogP contribution in [0.2, 0.25) is 0 Å². The average Bonchev–Trinajstić information content (AvgIpc) is 3.24. The van der Waals surface area contributed by atoms with E-state index < -0.39 is 22.7 Å². The first kappa shape index (κ1) is 14.5. The van der Waals surface area contributed by atoms with Crippen LogP contribution >= 0.6 is 0 Å². The molecule has 1 saturated carbocycles. The van der Waals surface area contributed by atoms with Crippen LogP contribution < -0.4 is 0 Å². The van der Waals surface area contributed by atoms with Gasteiger partial charge in [-0.1, -0.05) is 12.1 Å². The van der Waals surface area contributed by atoms with Crippen LogP contribution in [0.25, 0.3) is 0 Å². The highest BCUT2D eigenvalue weighted by Crippen LogP contribution is 2.44. The number of carbonyl (C=O) groups is 2. The maximum absolute atomic E-state index is 12.6. The summed E-state index contributed by atoms with van der Waals surface area (Å²) in [5.74, 6) is -1.59. The Morgan fingerprint density at radius 1 is 1.23 bits per heavy atom. The maximum atomic E-state index is 12.6. The fourth-order valence-electron chi connectivity index (χ4n) is 3.24. The quantitative estimate of drug-likeness (QED) is 0.675. The predicted molar refractivity (Wildman–Crippen MR) is 76.3 cm³/mol. The van der Waals surface area contributed by atoms with Crippen LogP contribution in [0.3, 0.4) is 0 Å². The molecule has 2 fully saturated rings. The largest absolute Gasteiger partial charge is 0.481 e. The molecule has 7 nitrogen and oxygen atoms in total. The van der Waals surface area contributed by atoms with E-state index in [4.69, 9.17) is 0 Å². The van der Waals surface area contributed by atoms with E-state index in [1.165, 1.54) is 23.1 Å². The predicted octanol–water partition coefficient (Wildman–Crippen LogP) is 1.78. The number of likely N-dealkylation sites (tertiary alicyclic amines) is 1. The van der Waals surface area contributed by atoms with Gasteiger partial charge in [-0.25, -0.2) is 0 Å². The van der Waals surface area contributed by atoms with Gasteiger partial charge in [-0.15, -0.1) is 0 Å². The molecular formula is C15H16N2O5. The summed E-state index contributed by atoms with van der Waals surface area (Å²) in [4.78, 5) is 35.8. The zero-order valence-electron chi connectivity index (χ0n) is 11.8. The van der Waals surface area contributed by atoms with Crippen molar-refractivity contribution in [1.29, 1.82) is 0 Å². The van der Waals surface area contributed by atoms with Gasteiger partial charge in [-0.3, -0.25) is 19.7 Å². The number of nitro groups is 1. The number of nitrogens with zero attached hydrogens (tertiary/aromatic N) is 2. The van der Waals surface area contributed by atoms with Crippen LogP contribution in [0.5, 0.6) is 0 Å². The van der Waals surface area contributed by atoms with Crippen molar-refractivity contribution in [3.8, 4) is 0 Å². The van der Waals surface area contributed by atoms with Crippen molar-refractivity contribution in [3.05, 3.63) is 39.9 Å². The molecule has 0 unspecified atom stereocenters. The number of nitro benzene ring substituents is 1. The van der Waals surface area contributed by atoms with Crippen molar-refractivity contribution in [2.24, 2.45) is 17.8 Å². The van der Waals surface area contributed by atoms with Gasteiger partial charge in [0.1, 0.15) is 5.56 Å². The first-order chi connectivity index (χ1) is 10.5. The normalized spacial score (nSPS) is 24.3. The summed E-state index contributed by atoms with van der Waals surface area (Å²) in [7, 11) is 0. The van der Waals surface area contributed by atoms with Crippen LogP contribution in [0.1, 0.15) is 23.2 Å². The molecule has 2 atom stereocenters. The van der Waals surface area contributed by atoms with Crippen molar-refractivity contribution in [1.82, 2.24) is 4.90 Å². The van der Waals surface area contributed by atoms with E-state index in [1.807, 2.05) is 0 Å². The molecule has 1 aliphatic carbocycles. The van der Waals surface area contributed by atoms with Crippen LogP contribution in [-0.4, -0.2) is 39.9 Å². The Kier molecular flexibility index (Phi) is 3.56. The van der Waals surface area contributed by atoms with E-state index in [2.05, 4.69) is 0 Å². The lowest BCUT2D eigenvalue weighted by Crippen LogP contribution is -2.30. The van der Waals surface area contributed by atoms with Gasteiger partial charge < -0.3 is 10.0 Å². The summed E-state index contributed by atoms with van der Waals surface area (Å²) in [6.07, 6.45) is 2.00. The van der Waals surface area contributed by atoms with Gasteiger partial charge in [0.15, 0.2) is 0 Å². The molecule has 0 radical (unpaired) electrons. The summed E-state index contributed by atoms with van der Waals surface area (Å²) in [6, 6.07) is 5.78. The Labute approximate surface area is 126 Å². The molecule has 1 aliphatic heterocycles. The van der Waals surface area contributed by atoms with Gasteiger partial charge in [-0.2, -0.15) is 0 Å². The molecule has 1 aromatic rings. The number of carbonyl (C=O) groups excluding carboxylic acids is 1. The number of carboxylic acids is 1. The fourth-order valence-corrected chi connectivity index (χ4v) is 3.24. The molecule has 22 heavy (non-hydrogen) atoms. The molecular weight excluding hydrogens is 288 g/mol. The fraction of sp³-hybridized carbons (Fsp3) is 0.467. The second-order valence-electron chi connectivity index (χ2n) is 5.93. The topological polar surface area (TPSA) is 101 Å². The zero-order chi connectivity index (χ0) is 15.9. The second-order valence-corrected chi connectivity index (χ2v) is 5.93. The highest BCUT2D eigenvalue weighted by Gasteiger charge is 2.47. The molecule has 1 amide bonds. The minimum atomic E-state index is -0.894. The minimum absolute atomic E-state index is 0.0214. The van der Waals surface area contributed by atoms with E-state index in [0.717, 1.165) is 12.8 Å². The van der Waals surface area contributed by atoms with Crippen LogP contribution in [0, 0.1) is 27.9 Å². The third-order valence-corrected chi connectivity index (χ3v) is 4.53. The van der Waals surface area contributed by atoms with Crippen LogP contribution in [-0.2, 0) is 4.79 Å². The highest BCUT2D eigenvalue weighted by atomic mass is 16.6. The summed E-state index contributed by atoms with van der Waals surface area (Å²) in [5, 5.41) is 20.4. The number of hydrogen-bond donors (Lipinski definition) is 1. The summed E-state index contributed by atoms with van der Waals surface area (Å²) >= 11 is 0. The first-order valence-electron chi connectivity index (χ1n) is 7.24. The van der Waals surface area contributed by atoms with E-state index in [-0.39, 0.29) is 23.7 Å². The number of benzene rings is 1. The van der Waals surface area contributed by atoms with Crippen LogP contribution in [0.15, 0.2) is 24.3 Å². The van der Waals surface area contributed by atoms with E-state index in [0.29, 0.717) is 12.5 Å².